The van der Waals surface area contributed by atoms with Gasteiger partial charge in [-0.15, -0.1) is 0 Å². The quantitative estimate of drug-likeness (QED) is 0.449. The monoisotopic (exact) mass is 493 g/mol. The molecule has 0 aromatic carbocycles. The standard InChI is InChI=1S/C21H27N5O5S2/c1-3-25(14-8-9-33(30,31)10-14)20(28)11(2)32-19-15-17(22-16(23-19)12-4-5-12)26(13-6-7-13)21(29)24-18(15)27/h11-14H,3-10H2,1-2H3,(H,24,27,29)/t11-,14-/m0/s1. The number of amides is 1. The van der Waals surface area contributed by atoms with E-state index in [1.54, 1.807) is 16.4 Å². The third-order valence-corrected chi connectivity index (χ3v) is 9.36. The zero-order valence-electron chi connectivity index (χ0n) is 18.6. The second-order valence-electron chi connectivity index (χ2n) is 9.16. The van der Waals surface area contributed by atoms with E-state index < -0.39 is 26.3 Å². The van der Waals surface area contributed by atoms with Crippen LogP contribution in [0.25, 0.3) is 11.0 Å². The lowest BCUT2D eigenvalue weighted by Crippen LogP contribution is -2.44. The highest BCUT2D eigenvalue weighted by atomic mass is 32.2. The number of rotatable bonds is 7. The molecule has 0 unspecified atom stereocenters. The first kappa shape index (κ1) is 22.6. The highest BCUT2D eigenvalue weighted by Gasteiger charge is 2.37. The Labute approximate surface area is 195 Å². The molecule has 1 saturated heterocycles. The molecule has 178 valence electrons. The number of nitrogens with zero attached hydrogens (tertiary/aromatic N) is 4. The number of hydrogen-bond donors (Lipinski definition) is 1. The predicted molar refractivity (Wildman–Crippen MR) is 124 cm³/mol. The van der Waals surface area contributed by atoms with Gasteiger partial charge in [0.05, 0.1) is 16.8 Å². The molecule has 1 N–H and O–H groups in total. The van der Waals surface area contributed by atoms with Gasteiger partial charge in [-0.2, -0.15) is 0 Å². The Hall–Kier alpha value is -2.21. The maximum Gasteiger partial charge on any atom is 0.330 e. The van der Waals surface area contributed by atoms with E-state index >= 15 is 0 Å². The number of fused-ring (bicyclic) bond motifs is 1. The van der Waals surface area contributed by atoms with Gasteiger partial charge in [0, 0.05) is 24.5 Å². The van der Waals surface area contributed by atoms with Crippen LogP contribution in [0.5, 0.6) is 0 Å². The maximum absolute atomic E-state index is 13.3. The summed E-state index contributed by atoms with van der Waals surface area (Å²) in [6.45, 7) is 3.99. The normalized spacial score (nSPS) is 23.0. The molecule has 2 saturated carbocycles. The number of aromatic nitrogens is 4. The van der Waals surface area contributed by atoms with Gasteiger partial charge in [0.25, 0.3) is 5.56 Å². The van der Waals surface area contributed by atoms with Crippen molar-refractivity contribution in [3.05, 3.63) is 26.7 Å². The Balaban J connectivity index is 1.51. The lowest BCUT2D eigenvalue weighted by atomic mass is 10.2. The molecule has 3 aliphatic rings. The molecule has 0 radical (unpaired) electrons. The molecule has 0 bridgehead atoms. The van der Waals surface area contributed by atoms with E-state index in [1.807, 2.05) is 6.92 Å². The first-order chi connectivity index (χ1) is 15.7. The molecule has 12 heteroatoms. The van der Waals surface area contributed by atoms with Crippen molar-refractivity contribution >= 4 is 38.5 Å². The predicted octanol–water partition coefficient (Wildman–Crippen LogP) is 1.21. The molecule has 2 aromatic heterocycles. The summed E-state index contributed by atoms with van der Waals surface area (Å²) in [6, 6.07) is -0.307. The highest BCUT2D eigenvalue weighted by Crippen LogP contribution is 2.41. The Kier molecular flexibility index (Phi) is 5.63. The average Bonchev–Trinajstić information content (AvgIpc) is 3.66. The number of carbonyl (C=O) groups excluding carboxylic acids is 1. The molecule has 10 nitrogen and oxygen atoms in total. The molecule has 2 atom stereocenters. The van der Waals surface area contributed by atoms with Crippen LogP contribution in [0.2, 0.25) is 0 Å². The third-order valence-electron chi connectivity index (χ3n) is 6.53. The molecular weight excluding hydrogens is 466 g/mol. The Morgan fingerprint density at radius 3 is 2.52 bits per heavy atom. The Morgan fingerprint density at radius 1 is 1.21 bits per heavy atom. The van der Waals surface area contributed by atoms with E-state index in [9.17, 15) is 22.8 Å². The van der Waals surface area contributed by atoms with E-state index in [0.717, 1.165) is 25.7 Å². The number of nitrogens with one attached hydrogen (secondary N) is 1. The van der Waals surface area contributed by atoms with Crippen molar-refractivity contribution in [3.8, 4) is 0 Å². The number of carbonyl (C=O) groups is 1. The van der Waals surface area contributed by atoms with E-state index in [0.29, 0.717) is 29.5 Å². The number of sulfone groups is 1. The minimum Gasteiger partial charge on any atom is -0.338 e. The Morgan fingerprint density at radius 2 is 1.94 bits per heavy atom. The topological polar surface area (TPSA) is 135 Å². The van der Waals surface area contributed by atoms with Gasteiger partial charge in [0.1, 0.15) is 16.2 Å². The first-order valence-corrected chi connectivity index (χ1v) is 14.1. The zero-order valence-corrected chi connectivity index (χ0v) is 20.2. The summed E-state index contributed by atoms with van der Waals surface area (Å²) in [5, 5.41) is 0.0506. The number of hydrogen-bond acceptors (Lipinski definition) is 8. The second kappa shape index (κ2) is 8.23. The molecule has 2 aromatic rings. The van der Waals surface area contributed by atoms with Crippen LogP contribution >= 0.6 is 11.8 Å². The molecule has 0 spiro atoms. The summed E-state index contributed by atoms with van der Waals surface area (Å²) < 4.78 is 25.4. The van der Waals surface area contributed by atoms with Gasteiger partial charge in [0.2, 0.25) is 5.91 Å². The minimum absolute atomic E-state index is 0.0143. The molecular formula is C21H27N5O5S2. The van der Waals surface area contributed by atoms with E-state index in [1.165, 1.54) is 11.8 Å². The summed E-state index contributed by atoms with van der Waals surface area (Å²) in [5.41, 5.74) is -0.666. The maximum atomic E-state index is 13.3. The van der Waals surface area contributed by atoms with E-state index in [4.69, 9.17) is 0 Å². The third kappa shape index (κ3) is 4.34. The molecule has 1 amide bonds. The van der Waals surface area contributed by atoms with Crippen LogP contribution < -0.4 is 11.2 Å². The fourth-order valence-corrected chi connectivity index (χ4v) is 7.23. The van der Waals surface area contributed by atoms with Crippen LogP contribution in [0, 0.1) is 0 Å². The lowest BCUT2D eigenvalue weighted by Gasteiger charge is -2.29. The largest absolute Gasteiger partial charge is 0.338 e. The summed E-state index contributed by atoms with van der Waals surface area (Å²) >= 11 is 1.18. The first-order valence-electron chi connectivity index (χ1n) is 11.4. The fourth-order valence-electron chi connectivity index (χ4n) is 4.48. The van der Waals surface area contributed by atoms with Crippen molar-refractivity contribution in [2.75, 3.05) is 18.1 Å². The Bertz CT molecular complexity index is 1340. The average molecular weight is 494 g/mol. The molecule has 5 rings (SSSR count). The van der Waals surface area contributed by atoms with Gasteiger partial charge >= 0.3 is 5.69 Å². The lowest BCUT2D eigenvalue weighted by molar-refractivity contribution is -0.131. The zero-order chi connectivity index (χ0) is 23.5. The summed E-state index contributed by atoms with van der Waals surface area (Å²) in [5.74, 6) is 0.713. The molecule has 2 aliphatic carbocycles. The van der Waals surface area contributed by atoms with Gasteiger partial charge in [-0.1, -0.05) is 11.8 Å². The molecule has 3 fully saturated rings. The van der Waals surface area contributed by atoms with Crippen LogP contribution in [0.15, 0.2) is 14.6 Å². The van der Waals surface area contributed by atoms with Crippen molar-refractivity contribution < 1.29 is 13.2 Å². The van der Waals surface area contributed by atoms with Crippen LogP contribution in [-0.4, -0.2) is 68.1 Å². The molecule has 33 heavy (non-hydrogen) atoms. The van der Waals surface area contributed by atoms with Crippen molar-refractivity contribution in [1.29, 1.82) is 0 Å². The van der Waals surface area contributed by atoms with Crippen molar-refractivity contribution in [3.63, 3.8) is 0 Å². The number of aromatic amines is 1. The van der Waals surface area contributed by atoms with Crippen molar-refractivity contribution in [2.45, 2.75) is 74.2 Å². The summed E-state index contributed by atoms with van der Waals surface area (Å²) in [7, 11) is -3.12. The van der Waals surface area contributed by atoms with Gasteiger partial charge in [-0.25, -0.2) is 23.2 Å². The van der Waals surface area contributed by atoms with Gasteiger partial charge in [-0.05, 0) is 46.0 Å². The second-order valence-corrected chi connectivity index (χ2v) is 12.7. The van der Waals surface area contributed by atoms with Crippen LogP contribution in [0.4, 0.5) is 0 Å². The van der Waals surface area contributed by atoms with Crippen LogP contribution in [-0.2, 0) is 14.6 Å². The minimum atomic E-state index is -3.12. The number of thioether (sulfide) groups is 1. The van der Waals surface area contributed by atoms with Gasteiger partial charge in [0.15, 0.2) is 15.5 Å². The summed E-state index contributed by atoms with van der Waals surface area (Å²) in [4.78, 5) is 51.9. The van der Waals surface area contributed by atoms with Gasteiger partial charge < -0.3 is 4.90 Å². The van der Waals surface area contributed by atoms with Crippen molar-refractivity contribution in [1.82, 2.24) is 24.4 Å². The van der Waals surface area contributed by atoms with Gasteiger partial charge in [-0.3, -0.25) is 19.1 Å². The molecule has 3 heterocycles. The summed E-state index contributed by atoms with van der Waals surface area (Å²) in [6.07, 6.45) is 4.07. The van der Waals surface area contributed by atoms with Crippen LogP contribution in [0.1, 0.15) is 63.7 Å². The molecule has 1 aliphatic heterocycles. The SMILES string of the molecule is CCN(C(=O)[C@H](C)Sc1nc(C2CC2)nc2c1c(=O)[nH]c(=O)n2C1CC1)[C@H]1CCS(=O)(=O)C1. The van der Waals surface area contributed by atoms with E-state index in [2.05, 4.69) is 15.0 Å². The fraction of sp³-hybridized carbons (Fsp3) is 0.667. The van der Waals surface area contributed by atoms with Crippen LogP contribution in [0.3, 0.4) is 0 Å². The van der Waals surface area contributed by atoms with E-state index in [-0.39, 0.29) is 40.8 Å². The highest BCUT2D eigenvalue weighted by molar-refractivity contribution is 8.00. The number of H-pyrrole nitrogens is 1. The van der Waals surface area contributed by atoms with Crippen molar-refractivity contribution in [2.24, 2.45) is 0 Å². The smallest absolute Gasteiger partial charge is 0.330 e.